The summed E-state index contributed by atoms with van der Waals surface area (Å²) in [6, 6.07) is 0. The van der Waals surface area contributed by atoms with Gasteiger partial charge in [-0.3, -0.25) is 0 Å². The highest BCUT2D eigenvalue weighted by molar-refractivity contribution is 5.80. The molecule has 0 bridgehead atoms. The van der Waals surface area contributed by atoms with E-state index in [1.54, 1.807) is 12.8 Å². The first-order chi connectivity index (χ1) is 6.77. The molecule has 0 radical (unpaired) electrons. The number of ether oxygens (including phenoxy) is 1. The molecule has 4 fully saturated rings. The van der Waals surface area contributed by atoms with Gasteiger partial charge in [0.2, 0.25) is 0 Å². The Balaban J connectivity index is 0.0000000983. The van der Waals surface area contributed by atoms with Crippen LogP contribution in [0.4, 0.5) is 0 Å². The van der Waals surface area contributed by atoms with E-state index >= 15 is 0 Å². The van der Waals surface area contributed by atoms with Crippen LogP contribution in [0.2, 0.25) is 0 Å². The van der Waals surface area contributed by atoms with Gasteiger partial charge in [-0.25, -0.2) is 4.79 Å². The molecular weight excluding hydrogens is 176 g/mol. The lowest BCUT2D eigenvalue weighted by atomic mass is 9.20. The molecule has 0 aromatic rings. The summed E-state index contributed by atoms with van der Waals surface area (Å²) < 4.78 is 4.14. The van der Waals surface area contributed by atoms with E-state index in [2.05, 4.69) is 11.3 Å². The molecule has 4 saturated carbocycles. The van der Waals surface area contributed by atoms with Crippen LogP contribution < -0.4 is 0 Å². The minimum atomic E-state index is -0.394. The summed E-state index contributed by atoms with van der Waals surface area (Å²) in [5, 5.41) is 0. The molecule has 76 valence electrons. The summed E-state index contributed by atoms with van der Waals surface area (Å²) in [7, 11) is 1.31. The second-order valence-electron chi connectivity index (χ2n) is 5.01. The van der Waals surface area contributed by atoms with Crippen LogP contribution in [0.5, 0.6) is 0 Å². The van der Waals surface area contributed by atoms with E-state index in [4.69, 9.17) is 0 Å². The van der Waals surface area contributed by atoms with Crippen molar-refractivity contribution in [2.24, 2.45) is 35.5 Å². The SMILES string of the molecule is C1C2C3CC4C1C2C34.C=CC(=O)OC. The smallest absolute Gasteiger partial charge is 0.329 e. The van der Waals surface area contributed by atoms with Crippen molar-refractivity contribution in [3.05, 3.63) is 12.7 Å². The van der Waals surface area contributed by atoms with Gasteiger partial charge in [0.05, 0.1) is 7.11 Å². The summed E-state index contributed by atoms with van der Waals surface area (Å²) in [4.78, 5) is 9.84. The first-order valence-electron chi connectivity index (χ1n) is 5.48. The van der Waals surface area contributed by atoms with Crippen molar-refractivity contribution in [1.82, 2.24) is 0 Å². The van der Waals surface area contributed by atoms with E-state index < -0.39 is 5.97 Å². The molecular formula is C12H16O2. The lowest BCUT2D eigenvalue weighted by molar-refractivity contribution is -0.369. The molecule has 0 amide bonds. The Morgan fingerprint density at radius 1 is 1.21 bits per heavy atom. The number of methoxy groups -OCH3 is 1. The zero-order valence-electron chi connectivity index (χ0n) is 8.48. The molecule has 4 aliphatic carbocycles. The lowest BCUT2D eigenvalue weighted by Crippen LogP contribution is -2.79. The van der Waals surface area contributed by atoms with Crippen molar-refractivity contribution in [2.75, 3.05) is 7.11 Å². The summed E-state index contributed by atoms with van der Waals surface area (Å²) in [5.74, 6) is 7.31. The van der Waals surface area contributed by atoms with E-state index in [1.807, 2.05) is 0 Å². The molecule has 0 aromatic heterocycles. The van der Waals surface area contributed by atoms with Crippen molar-refractivity contribution in [3.63, 3.8) is 0 Å². The number of carbonyl (C=O) groups excluding carboxylic acids is 1. The van der Waals surface area contributed by atoms with Crippen molar-refractivity contribution >= 4 is 5.97 Å². The lowest BCUT2D eigenvalue weighted by Gasteiger charge is -2.85. The van der Waals surface area contributed by atoms with E-state index in [0.29, 0.717) is 0 Å². The molecule has 2 heteroatoms. The van der Waals surface area contributed by atoms with Crippen LogP contribution in [0.25, 0.3) is 0 Å². The fourth-order valence-electron chi connectivity index (χ4n) is 4.28. The van der Waals surface area contributed by atoms with Gasteiger partial charge in [0.15, 0.2) is 0 Å². The van der Waals surface area contributed by atoms with Crippen molar-refractivity contribution < 1.29 is 9.53 Å². The molecule has 0 saturated heterocycles. The predicted molar refractivity (Wildman–Crippen MR) is 52.4 cm³/mol. The van der Waals surface area contributed by atoms with Crippen LogP contribution in [0.15, 0.2) is 12.7 Å². The van der Waals surface area contributed by atoms with Gasteiger partial charge in [-0.1, -0.05) is 6.58 Å². The molecule has 4 unspecified atom stereocenters. The van der Waals surface area contributed by atoms with Crippen molar-refractivity contribution in [2.45, 2.75) is 12.8 Å². The van der Waals surface area contributed by atoms with E-state index in [9.17, 15) is 4.79 Å². The number of fused-ring (bicyclic) bond motifs is 2. The van der Waals surface area contributed by atoms with Gasteiger partial charge < -0.3 is 4.74 Å². The first-order valence-corrected chi connectivity index (χ1v) is 5.48. The highest BCUT2D eigenvalue weighted by Crippen LogP contribution is 2.84. The van der Waals surface area contributed by atoms with E-state index in [1.165, 1.54) is 42.6 Å². The third-order valence-corrected chi connectivity index (χ3v) is 4.98. The highest BCUT2D eigenvalue weighted by Gasteiger charge is 2.78. The third kappa shape index (κ3) is 0.760. The van der Waals surface area contributed by atoms with Gasteiger partial charge in [0.25, 0.3) is 0 Å². The van der Waals surface area contributed by atoms with Crippen LogP contribution in [0, 0.1) is 35.5 Å². The van der Waals surface area contributed by atoms with Crippen molar-refractivity contribution in [3.8, 4) is 0 Å². The Hall–Kier alpha value is -0.790. The normalized spacial score (nSPS) is 52.6. The van der Waals surface area contributed by atoms with Crippen LogP contribution in [-0.4, -0.2) is 13.1 Å². The zero-order valence-corrected chi connectivity index (χ0v) is 8.48. The summed E-state index contributed by atoms with van der Waals surface area (Å²) in [6.07, 6.45) is 4.41. The second-order valence-corrected chi connectivity index (χ2v) is 5.01. The van der Waals surface area contributed by atoms with Gasteiger partial charge in [-0.2, -0.15) is 0 Å². The number of esters is 1. The van der Waals surface area contributed by atoms with Gasteiger partial charge in [0.1, 0.15) is 0 Å². The fourth-order valence-corrected chi connectivity index (χ4v) is 4.28. The molecule has 4 aliphatic rings. The minimum Gasteiger partial charge on any atom is -0.466 e. The third-order valence-electron chi connectivity index (χ3n) is 4.98. The maximum atomic E-state index is 9.84. The molecule has 14 heavy (non-hydrogen) atoms. The van der Waals surface area contributed by atoms with Gasteiger partial charge in [-0.15, -0.1) is 0 Å². The Labute approximate surface area is 84.3 Å². The van der Waals surface area contributed by atoms with Gasteiger partial charge >= 0.3 is 5.97 Å². The van der Waals surface area contributed by atoms with Crippen molar-refractivity contribution in [1.29, 1.82) is 0 Å². The quantitative estimate of drug-likeness (QED) is 0.468. The number of carbonyl (C=O) groups is 1. The Kier molecular flexibility index (Phi) is 1.59. The van der Waals surface area contributed by atoms with Gasteiger partial charge in [0, 0.05) is 6.08 Å². The number of rotatable bonds is 1. The standard InChI is InChI=1S/C8H10.C4H6O2/c1-3-5-2-6-4(1)7(3)8(5)6;1-3-4(5)6-2/h3-8H,1-2H2;3H,1H2,2H3. The maximum Gasteiger partial charge on any atom is 0.329 e. The number of hydrogen-bond acceptors (Lipinski definition) is 2. The molecule has 0 aromatic carbocycles. The predicted octanol–water partition coefficient (Wildman–Crippen LogP) is 1.86. The average molecular weight is 192 g/mol. The fraction of sp³-hybridized carbons (Fsp3) is 0.750. The monoisotopic (exact) mass is 192 g/mol. The topological polar surface area (TPSA) is 26.3 Å². The Morgan fingerprint density at radius 3 is 1.71 bits per heavy atom. The molecule has 0 heterocycles. The molecule has 0 N–H and O–H groups in total. The molecule has 0 aliphatic heterocycles. The van der Waals surface area contributed by atoms with E-state index in [-0.39, 0.29) is 0 Å². The minimum absolute atomic E-state index is 0.394. The van der Waals surface area contributed by atoms with E-state index in [0.717, 1.165) is 6.08 Å². The largest absolute Gasteiger partial charge is 0.466 e. The molecule has 0 spiro atoms. The Morgan fingerprint density at radius 2 is 1.64 bits per heavy atom. The summed E-state index contributed by atoms with van der Waals surface area (Å²) in [5.41, 5.74) is 0. The molecule has 4 rings (SSSR count). The maximum absolute atomic E-state index is 9.84. The number of hydrogen-bond donors (Lipinski definition) is 0. The van der Waals surface area contributed by atoms with Crippen LogP contribution in [0.3, 0.4) is 0 Å². The second kappa shape index (κ2) is 2.62. The van der Waals surface area contributed by atoms with Gasteiger partial charge in [-0.05, 0) is 48.3 Å². The Bertz CT molecular complexity index is 237. The van der Waals surface area contributed by atoms with Crippen LogP contribution in [-0.2, 0) is 9.53 Å². The van der Waals surface area contributed by atoms with Crippen LogP contribution in [0.1, 0.15) is 12.8 Å². The average Bonchev–Trinajstić information content (AvgIpc) is 2.25. The zero-order chi connectivity index (χ0) is 9.87. The first kappa shape index (κ1) is 8.51. The molecule has 2 nitrogen and oxygen atoms in total. The van der Waals surface area contributed by atoms with Crippen LogP contribution >= 0.6 is 0 Å². The summed E-state index contributed by atoms with van der Waals surface area (Å²) in [6.45, 7) is 3.16. The highest BCUT2D eigenvalue weighted by atomic mass is 16.5. The molecule has 4 atom stereocenters. The summed E-state index contributed by atoms with van der Waals surface area (Å²) >= 11 is 0.